The third-order valence-corrected chi connectivity index (χ3v) is 1.72. The molecule has 0 rings (SSSR count). The molecule has 15 heavy (non-hydrogen) atoms. The van der Waals surface area contributed by atoms with E-state index in [-0.39, 0.29) is 19.5 Å². The zero-order chi connectivity index (χ0) is 10.6. The van der Waals surface area contributed by atoms with Crippen LogP contribution in [0.15, 0.2) is 49.6 Å². The predicted molar refractivity (Wildman–Crippen MR) is 62.1 cm³/mol. The number of allylic oxidation sites excluding steroid dienone is 6. The molecular weight excluding hydrogens is 273 g/mol. The van der Waals surface area contributed by atoms with E-state index in [9.17, 15) is 4.79 Å². The van der Waals surface area contributed by atoms with Crippen molar-refractivity contribution in [3.05, 3.63) is 49.6 Å². The summed E-state index contributed by atoms with van der Waals surface area (Å²) < 4.78 is 0. The van der Waals surface area contributed by atoms with E-state index in [1.807, 2.05) is 24.3 Å². The minimum absolute atomic E-state index is 0. The molecule has 0 radical (unpaired) electrons. The van der Waals surface area contributed by atoms with Crippen molar-refractivity contribution in [2.75, 3.05) is 0 Å². The molecular formula is C13H18ORu. The number of carbonyl (C=O) groups is 1. The van der Waals surface area contributed by atoms with Gasteiger partial charge in [-0.15, -0.1) is 0 Å². The monoisotopic (exact) mass is 292 g/mol. The van der Waals surface area contributed by atoms with Crippen LogP contribution in [0, 0.1) is 0 Å². The summed E-state index contributed by atoms with van der Waals surface area (Å²) >= 11 is 0. The molecule has 0 bridgehead atoms. The van der Waals surface area contributed by atoms with Gasteiger partial charge in [0.05, 0.1) is 0 Å². The second-order valence-corrected chi connectivity index (χ2v) is 2.94. The van der Waals surface area contributed by atoms with Crippen molar-refractivity contribution in [3.8, 4) is 0 Å². The van der Waals surface area contributed by atoms with Crippen LogP contribution in [0.1, 0.15) is 25.7 Å². The van der Waals surface area contributed by atoms with Crippen molar-refractivity contribution in [2.45, 2.75) is 25.7 Å². The third-order valence-electron chi connectivity index (χ3n) is 1.72. The van der Waals surface area contributed by atoms with Crippen LogP contribution in [0.5, 0.6) is 0 Å². The molecule has 0 unspecified atom stereocenters. The Labute approximate surface area is 105 Å². The van der Waals surface area contributed by atoms with Crippen molar-refractivity contribution in [1.82, 2.24) is 0 Å². The molecule has 0 N–H and O–H groups in total. The molecule has 0 fully saturated rings. The van der Waals surface area contributed by atoms with Gasteiger partial charge in [0.15, 0.2) is 0 Å². The van der Waals surface area contributed by atoms with Crippen LogP contribution in [0.3, 0.4) is 0 Å². The van der Waals surface area contributed by atoms with Gasteiger partial charge in [-0.05, 0) is 12.8 Å². The molecule has 0 aromatic carbocycles. The van der Waals surface area contributed by atoms with Crippen LogP contribution in [-0.4, -0.2) is 5.78 Å². The Morgan fingerprint density at radius 2 is 1.33 bits per heavy atom. The molecule has 0 atom stereocenters. The summed E-state index contributed by atoms with van der Waals surface area (Å²) in [5, 5.41) is 0. The first-order valence-electron chi connectivity index (χ1n) is 4.88. The van der Waals surface area contributed by atoms with Gasteiger partial charge >= 0.3 is 0 Å². The average Bonchev–Trinajstić information content (AvgIpc) is 2.19. The van der Waals surface area contributed by atoms with Crippen LogP contribution in [-0.2, 0) is 24.3 Å². The smallest absolute Gasteiger partial charge is 0.133 e. The second-order valence-electron chi connectivity index (χ2n) is 2.94. The number of Topliss-reactive ketones (excluding diaryl/α,β-unsaturated/α-hetero) is 1. The van der Waals surface area contributed by atoms with Gasteiger partial charge in [0, 0.05) is 32.3 Å². The molecule has 0 saturated carbocycles. The first-order chi connectivity index (χ1) is 6.81. The van der Waals surface area contributed by atoms with E-state index in [0.717, 1.165) is 12.8 Å². The summed E-state index contributed by atoms with van der Waals surface area (Å²) in [5.41, 5.74) is 0. The third kappa shape index (κ3) is 13.3. The Morgan fingerprint density at radius 1 is 0.933 bits per heavy atom. The number of carbonyl (C=O) groups excluding carboxylic acids is 1. The Bertz CT molecular complexity index is 215. The number of rotatable bonds is 8. The fourth-order valence-electron chi connectivity index (χ4n) is 0.999. The van der Waals surface area contributed by atoms with E-state index in [1.165, 1.54) is 0 Å². The zero-order valence-electron chi connectivity index (χ0n) is 8.97. The van der Waals surface area contributed by atoms with Crippen molar-refractivity contribution in [3.63, 3.8) is 0 Å². The maximum atomic E-state index is 11.2. The molecule has 84 valence electrons. The van der Waals surface area contributed by atoms with Gasteiger partial charge < -0.3 is 0 Å². The number of ketones is 1. The molecule has 2 heteroatoms. The molecule has 1 nitrogen and oxygen atoms in total. The molecule has 0 heterocycles. The van der Waals surface area contributed by atoms with Gasteiger partial charge in [-0.25, -0.2) is 0 Å². The van der Waals surface area contributed by atoms with Crippen molar-refractivity contribution in [1.29, 1.82) is 0 Å². The van der Waals surface area contributed by atoms with Crippen LogP contribution in [0.4, 0.5) is 0 Å². The summed E-state index contributed by atoms with van der Waals surface area (Å²) in [7, 11) is 0. The Morgan fingerprint density at radius 3 is 1.67 bits per heavy atom. The zero-order valence-corrected chi connectivity index (χ0v) is 10.7. The first kappa shape index (κ1) is 16.7. The van der Waals surface area contributed by atoms with Crippen LogP contribution >= 0.6 is 0 Å². The Hall–Kier alpha value is -0.747. The minimum atomic E-state index is 0. The van der Waals surface area contributed by atoms with Crippen molar-refractivity contribution >= 4 is 5.78 Å². The molecule has 0 spiro atoms. The predicted octanol–water partition coefficient (Wildman–Crippen LogP) is 3.60. The largest absolute Gasteiger partial charge is 0.300 e. The van der Waals surface area contributed by atoms with Gasteiger partial charge in [-0.1, -0.05) is 49.6 Å². The number of hydrogen-bond donors (Lipinski definition) is 0. The van der Waals surface area contributed by atoms with E-state index in [4.69, 9.17) is 0 Å². The van der Waals surface area contributed by atoms with Gasteiger partial charge in [0.1, 0.15) is 5.78 Å². The molecule has 0 aromatic rings. The topological polar surface area (TPSA) is 17.1 Å². The second kappa shape index (κ2) is 13.3. The first-order valence-corrected chi connectivity index (χ1v) is 4.88. The van der Waals surface area contributed by atoms with Crippen LogP contribution < -0.4 is 0 Å². The van der Waals surface area contributed by atoms with Crippen LogP contribution in [0.25, 0.3) is 0 Å². The normalized spacial score (nSPS) is 10.1. The van der Waals surface area contributed by atoms with Crippen LogP contribution in [0.2, 0.25) is 0 Å². The van der Waals surface area contributed by atoms with E-state index < -0.39 is 0 Å². The quantitative estimate of drug-likeness (QED) is 0.493. The summed E-state index contributed by atoms with van der Waals surface area (Å²) in [6.07, 6.45) is 14.0. The molecule has 0 aliphatic carbocycles. The average molecular weight is 291 g/mol. The van der Waals surface area contributed by atoms with Gasteiger partial charge in [-0.2, -0.15) is 0 Å². The summed E-state index contributed by atoms with van der Waals surface area (Å²) in [6.45, 7) is 7.11. The Kier molecular flexibility index (Phi) is 14.7. The fourth-order valence-corrected chi connectivity index (χ4v) is 0.999. The van der Waals surface area contributed by atoms with Gasteiger partial charge in [0.25, 0.3) is 0 Å². The summed E-state index contributed by atoms with van der Waals surface area (Å²) in [6, 6.07) is 0. The SMILES string of the molecule is C=CC=CCCC(=O)CCC=CC=C.[Ru]. The van der Waals surface area contributed by atoms with E-state index in [0.29, 0.717) is 18.6 Å². The summed E-state index contributed by atoms with van der Waals surface area (Å²) in [5.74, 6) is 0.312. The van der Waals surface area contributed by atoms with E-state index >= 15 is 0 Å². The number of hydrogen-bond acceptors (Lipinski definition) is 1. The van der Waals surface area contributed by atoms with Gasteiger partial charge in [0.2, 0.25) is 0 Å². The maximum Gasteiger partial charge on any atom is 0.133 e. The molecule has 0 aromatic heterocycles. The molecule has 0 aliphatic rings. The van der Waals surface area contributed by atoms with Gasteiger partial charge in [-0.3, -0.25) is 4.79 Å². The van der Waals surface area contributed by atoms with E-state index in [1.54, 1.807) is 12.2 Å². The summed E-state index contributed by atoms with van der Waals surface area (Å²) in [4.78, 5) is 11.2. The molecule has 0 saturated heterocycles. The Balaban J connectivity index is 0. The molecule has 0 amide bonds. The maximum absolute atomic E-state index is 11.2. The van der Waals surface area contributed by atoms with Crippen molar-refractivity contribution in [2.24, 2.45) is 0 Å². The van der Waals surface area contributed by atoms with E-state index in [2.05, 4.69) is 13.2 Å². The standard InChI is InChI=1S/C13H18O.Ru/c1-3-5-7-9-11-13(14)12-10-8-6-4-2;/h3-8H,1-2,9-12H2;. The minimum Gasteiger partial charge on any atom is -0.300 e. The molecule has 0 aliphatic heterocycles. The fraction of sp³-hybridized carbons (Fsp3) is 0.308. The van der Waals surface area contributed by atoms with Crippen molar-refractivity contribution < 1.29 is 24.3 Å².